The van der Waals surface area contributed by atoms with E-state index in [9.17, 15) is 9.18 Å². The smallest absolute Gasteiger partial charge is 0.225 e. The van der Waals surface area contributed by atoms with Gasteiger partial charge in [-0.1, -0.05) is 12.1 Å². The zero-order valence-electron chi connectivity index (χ0n) is 12.9. The summed E-state index contributed by atoms with van der Waals surface area (Å²) in [5.74, 6) is -0.00393. The second-order valence-corrected chi connectivity index (χ2v) is 6.31. The lowest BCUT2D eigenvalue weighted by molar-refractivity contribution is -0.143. The van der Waals surface area contributed by atoms with E-state index in [2.05, 4.69) is 0 Å². The first-order valence-corrected chi connectivity index (χ1v) is 8.00. The molecule has 1 saturated heterocycles. The fourth-order valence-electron chi connectivity index (χ4n) is 3.50. The number of amides is 1. The molecule has 2 atom stereocenters. The van der Waals surface area contributed by atoms with Crippen LogP contribution < -0.4 is 5.73 Å². The van der Waals surface area contributed by atoms with Crippen LogP contribution in [0.3, 0.4) is 0 Å². The number of ether oxygens (including phenoxy) is 1. The number of carbonyl (C=O) groups is 1. The average molecular weight is 306 g/mol. The van der Waals surface area contributed by atoms with Crippen molar-refractivity contribution >= 4 is 5.91 Å². The van der Waals surface area contributed by atoms with E-state index in [-0.39, 0.29) is 35.7 Å². The quantitative estimate of drug-likeness (QED) is 0.924. The summed E-state index contributed by atoms with van der Waals surface area (Å²) in [6.45, 7) is 3.80. The molecule has 5 heteroatoms. The molecule has 3 rings (SSSR count). The van der Waals surface area contributed by atoms with Gasteiger partial charge in [0.25, 0.3) is 0 Å². The highest BCUT2D eigenvalue weighted by atomic mass is 19.1. The van der Waals surface area contributed by atoms with E-state index in [4.69, 9.17) is 10.5 Å². The second-order valence-electron chi connectivity index (χ2n) is 6.31. The van der Waals surface area contributed by atoms with Gasteiger partial charge >= 0.3 is 0 Å². The average Bonchev–Trinajstić information content (AvgIpc) is 2.84. The molecule has 2 N–H and O–H groups in total. The molecule has 2 fully saturated rings. The summed E-state index contributed by atoms with van der Waals surface area (Å²) in [5.41, 5.74) is 7.06. The van der Waals surface area contributed by atoms with Crippen LogP contribution in [-0.4, -0.2) is 42.6 Å². The monoisotopic (exact) mass is 306 g/mol. The van der Waals surface area contributed by atoms with Gasteiger partial charge in [-0.15, -0.1) is 0 Å². The fourth-order valence-corrected chi connectivity index (χ4v) is 3.50. The topological polar surface area (TPSA) is 55.6 Å². The third-order valence-corrected chi connectivity index (χ3v) is 4.80. The Morgan fingerprint density at radius 1 is 1.41 bits per heavy atom. The van der Waals surface area contributed by atoms with Crippen LogP contribution in [-0.2, 0) is 9.53 Å². The molecule has 1 aromatic rings. The van der Waals surface area contributed by atoms with E-state index in [0.717, 1.165) is 18.4 Å². The molecule has 2 aliphatic rings. The third kappa shape index (κ3) is 3.01. The Bertz CT molecular complexity index is 545. The third-order valence-electron chi connectivity index (χ3n) is 4.80. The maximum Gasteiger partial charge on any atom is 0.225 e. The number of hydrogen-bond acceptors (Lipinski definition) is 3. The van der Waals surface area contributed by atoms with E-state index in [1.807, 2.05) is 17.9 Å². The normalized spacial score (nSPS) is 31.1. The molecule has 0 unspecified atom stereocenters. The van der Waals surface area contributed by atoms with Gasteiger partial charge < -0.3 is 15.4 Å². The van der Waals surface area contributed by atoms with Crippen LogP contribution in [0.15, 0.2) is 24.3 Å². The Morgan fingerprint density at radius 3 is 2.86 bits per heavy atom. The van der Waals surface area contributed by atoms with Crippen LogP contribution in [0.25, 0.3) is 0 Å². The van der Waals surface area contributed by atoms with E-state index in [1.54, 1.807) is 6.07 Å². The van der Waals surface area contributed by atoms with E-state index >= 15 is 0 Å². The highest BCUT2D eigenvalue weighted by molar-refractivity contribution is 5.80. The van der Waals surface area contributed by atoms with Gasteiger partial charge in [0.05, 0.1) is 6.10 Å². The van der Waals surface area contributed by atoms with Gasteiger partial charge in [-0.3, -0.25) is 4.79 Å². The van der Waals surface area contributed by atoms with Crippen molar-refractivity contribution < 1.29 is 13.9 Å². The lowest BCUT2D eigenvalue weighted by atomic mass is 9.81. The maximum absolute atomic E-state index is 13.4. The van der Waals surface area contributed by atoms with Crippen LogP contribution in [0.5, 0.6) is 0 Å². The Morgan fingerprint density at radius 2 is 2.18 bits per heavy atom. The fraction of sp³-hybridized carbons (Fsp3) is 0.588. The van der Waals surface area contributed by atoms with Crippen molar-refractivity contribution in [1.82, 2.24) is 4.90 Å². The maximum atomic E-state index is 13.4. The molecule has 1 amide bonds. The molecule has 1 aromatic carbocycles. The summed E-state index contributed by atoms with van der Waals surface area (Å²) in [5, 5.41) is 0. The van der Waals surface area contributed by atoms with Crippen molar-refractivity contribution in [3.63, 3.8) is 0 Å². The number of nitrogens with two attached hydrogens (primary N) is 1. The van der Waals surface area contributed by atoms with E-state index in [0.29, 0.717) is 19.7 Å². The number of halogens is 1. The molecular weight excluding hydrogens is 283 g/mol. The molecule has 0 bridgehead atoms. The summed E-state index contributed by atoms with van der Waals surface area (Å²) < 4.78 is 18.9. The Balaban J connectivity index is 1.60. The van der Waals surface area contributed by atoms with Crippen LogP contribution in [0.2, 0.25) is 0 Å². The van der Waals surface area contributed by atoms with Gasteiger partial charge in [-0.05, 0) is 37.5 Å². The van der Waals surface area contributed by atoms with Crippen molar-refractivity contribution in [1.29, 1.82) is 0 Å². The van der Waals surface area contributed by atoms with Crippen LogP contribution in [0.4, 0.5) is 4.39 Å². The minimum Gasteiger partial charge on any atom is -0.378 e. The molecule has 4 nitrogen and oxygen atoms in total. The molecule has 0 radical (unpaired) electrons. The molecule has 22 heavy (non-hydrogen) atoms. The van der Waals surface area contributed by atoms with Crippen LogP contribution in [0, 0.1) is 11.7 Å². The van der Waals surface area contributed by atoms with Gasteiger partial charge in [0.15, 0.2) is 0 Å². The molecular formula is C17H23FN2O2. The first-order valence-electron chi connectivity index (χ1n) is 8.00. The molecule has 0 spiro atoms. The van der Waals surface area contributed by atoms with Gasteiger partial charge in [-0.25, -0.2) is 4.39 Å². The lowest BCUT2D eigenvalue weighted by Gasteiger charge is -2.36. The minimum absolute atomic E-state index is 0.0161. The first-order chi connectivity index (χ1) is 10.6. The van der Waals surface area contributed by atoms with Crippen LogP contribution >= 0.6 is 0 Å². The predicted molar refractivity (Wildman–Crippen MR) is 81.8 cm³/mol. The van der Waals surface area contributed by atoms with Crippen molar-refractivity contribution in [2.24, 2.45) is 11.7 Å². The Hall–Kier alpha value is -1.46. The highest BCUT2D eigenvalue weighted by Gasteiger charge is 2.41. The Labute approximate surface area is 130 Å². The van der Waals surface area contributed by atoms with Crippen molar-refractivity contribution in [3.05, 3.63) is 35.6 Å². The van der Waals surface area contributed by atoms with Crippen LogP contribution in [0.1, 0.15) is 31.2 Å². The van der Waals surface area contributed by atoms with E-state index in [1.165, 1.54) is 12.1 Å². The SMILES string of the molecule is CCOC1CC(C(=O)N2C[C@@H](N)[C@H](c3cccc(F)c3)C2)C1. The molecule has 1 aliphatic heterocycles. The number of nitrogens with zero attached hydrogens (tertiary/aromatic N) is 1. The van der Waals surface area contributed by atoms with Gasteiger partial charge in [-0.2, -0.15) is 0 Å². The molecule has 1 aliphatic carbocycles. The number of carbonyl (C=O) groups excluding carboxylic acids is 1. The van der Waals surface area contributed by atoms with Crippen molar-refractivity contribution in [2.75, 3.05) is 19.7 Å². The highest BCUT2D eigenvalue weighted by Crippen LogP contribution is 2.34. The van der Waals surface area contributed by atoms with Gasteiger partial charge in [0.2, 0.25) is 5.91 Å². The molecule has 1 heterocycles. The summed E-state index contributed by atoms with van der Waals surface area (Å²) in [7, 11) is 0. The number of hydrogen-bond donors (Lipinski definition) is 1. The standard InChI is InChI=1S/C17H23FN2O2/c1-2-22-14-7-12(8-14)17(21)20-9-15(16(19)10-20)11-4-3-5-13(18)6-11/h3-6,12,14-16H,2,7-10,19H2,1H3/t12?,14?,15-,16+/m0/s1. The number of rotatable bonds is 4. The number of likely N-dealkylation sites (tertiary alicyclic amines) is 1. The second kappa shape index (κ2) is 6.34. The summed E-state index contributed by atoms with van der Waals surface area (Å²) >= 11 is 0. The van der Waals surface area contributed by atoms with Crippen molar-refractivity contribution in [2.45, 2.75) is 37.8 Å². The van der Waals surface area contributed by atoms with Crippen molar-refractivity contribution in [3.8, 4) is 0 Å². The lowest BCUT2D eigenvalue weighted by Crippen LogP contribution is -2.44. The largest absolute Gasteiger partial charge is 0.378 e. The predicted octanol–water partition coefficient (Wildman–Crippen LogP) is 1.89. The minimum atomic E-state index is -0.256. The zero-order chi connectivity index (χ0) is 15.7. The molecule has 1 saturated carbocycles. The van der Waals surface area contributed by atoms with E-state index < -0.39 is 0 Å². The Kier molecular flexibility index (Phi) is 4.45. The summed E-state index contributed by atoms with van der Waals surface area (Å²) in [4.78, 5) is 14.3. The number of benzene rings is 1. The first kappa shape index (κ1) is 15.4. The molecule has 0 aromatic heterocycles. The summed E-state index contributed by atoms with van der Waals surface area (Å²) in [6.07, 6.45) is 1.85. The summed E-state index contributed by atoms with van der Waals surface area (Å²) in [6, 6.07) is 6.40. The van der Waals surface area contributed by atoms with Gasteiger partial charge in [0, 0.05) is 37.6 Å². The molecule has 120 valence electrons. The van der Waals surface area contributed by atoms with Gasteiger partial charge in [0.1, 0.15) is 5.82 Å². The zero-order valence-corrected chi connectivity index (χ0v) is 12.9.